The SMILES string of the molecule is CCC(C)Sc1nc(C(CC)c2c(Cl)cccc2Cl)c(C)c(=O)[nH]1. The van der Waals surface area contributed by atoms with Crippen molar-refractivity contribution in [2.75, 3.05) is 0 Å². The van der Waals surface area contributed by atoms with Gasteiger partial charge in [-0.05, 0) is 37.5 Å². The molecule has 1 heterocycles. The molecule has 2 rings (SSSR count). The van der Waals surface area contributed by atoms with Crippen molar-refractivity contribution in [2.24, 2.45) is 0 Å². The van der Waals surface area contributed by atoms with Crippen molar-refractivity contribution < 1.29 is 0 Å². The molecule has 0 amide bonds. The lowest BCUT2D eigenvalue weighted by atomic mass is 9.90. The Morgan fingerprint density at radius 1 is 1.21 bits per heavy atom. The molecular weight excluding hydrogens is 363 g/mol. The first-order chi connectivity index (χ1) is 11.4. The highest BCUT2D eigenvalue weighted by atomic mass is 35.5. The first kappa shape index (κ1) is 19.4. The summed E-state index contributed by atoms with van der Waals surface area (Å²) in [6.07, 6.45) is 1.76. The van der Waals surface area contributed by atoms with Gasteiger partial charge in [0.25, 0.3) is 5.56 Å². The Morgan fingerprint density at radius 2 is 1.83 bits per heavy atom. The van der Waals surface area contributed by atoms with Crippen LogP contribution in [-0.4, -0.2) is 15.2 Å². The summed E-state index contributed by atoms with van der Waals surface area (Å²) in [5.41, 5.74) is 2.10. The van der Waals surface area contributed by atoms with Crippen LogP contribution in [0.25, 0.3) is 0 Å². The molecule has 24 heavy (non-hydrogen) atoms. The van der Waals surface area contributed by atoms with Crippen LogP contribution in [0, 0.1) is 6.92 Å². The molecule has 0 saturated heterocycles. The second-order valence-electron chi connectivity index (χ2n) is 5.81. The van der Waals surface area contributed by atoms with Crippen molar-refractivity contribution in [3.8, 4) is 0 Å². The highest BCUT2D eigenvalue weighted by Gasteiger charge is 2.23. The number of thioether (sulfide) groups is 1. The summed E-state index contributed by atoms with van der Waals surface area (Å²) >= 11 is 14.4. The van der Waals surface area contributed by atoms with Gasteiger partial charge in [0.1, 0.15) is 0 Å². The van der Waals surface area contributed by atoms with Gasteiger partial charge in [0, 0.05) is 26.8 Å². The molecule has 6 heteroatoms. The number of H-pyrrole nitrogens is 1. The number of halogens is 2. The molecule has 0 spiro atoms. The zero-order chi connectivity index (χ0) is 17.9. The molecule has 2 unspecified atom stereocenters. The third-order valence-electron chi connectivity index (χ3n) is 4.14. The molecule has 0 aliphatic carbocycles. The largest absolute Gasteiger partial charge is 0.301 e. The molecule has 3 nitrogen and oxygen atoms in total. The van der Waals surface area contributed by atoms with Crippen molar-refractivity contribution in [3.63, 3.8) is 0 Å². The fourth-order valence-electron chi connectivity index (χ4n) is 2.58. The van der Waals surface area contributed by atoms with E-state index in [2.05, 4.69) is 18.8 Å². The van der Waals surface area contributed by atoms with Gasteiger partial charge < -0.3 is 4.98 Å². The zero-order valence-corrected chi connectivity index (χ0v) is 16.6. The minimum atomic E-state index is -0.107. The fourth-order valence-corrected chi connectivity index (χ4v) is 4.09. The molecule has 0 radical (unpaired) electrons. The van der Waals surface area contributed by atoms with Gasteiger partial charge in [-0.3, -0.25) is 4.79 Å². The third kappa shape index (κ3) is 4.16. The Bertz CT molecular complexity index is 756. The first-order valence-corrected chi connectivity index (χ1v) is 9.73. The molecule has 0 bridgehead atoms. The summed E-state index contributed by atoms with van der Waals surface area (Å²) in [6.45, 7) is 8.08. The number of aromatic nitrogens is 2. The standard InChI is InChI=1S/C18H22Cl2N2OS/c1-5-10(3)24-18-21-16(11(4)17(23)22-18)12(6-2)15-13(19)8-7-9-14(15)20/h7-10,12H,5-6H2,1-4H3,(H,21,22,23). The van der Waals surface area contributed by atoms with Gasteiger partial charge >= 0.3 is 0 Å². The van der Waals surface area contributed by atoms with Gasteiger partial charge in [-0.25, -0.2) is 4.98 Å². The summed E-state index contributed by atoms with van der Waals surface area (Å²) in [5.74, 6) is -0.107. The summed E-state index contributed by atoms with van der Waals surface area (Å²) in [5, 5.41) is 2.24. The van der Waals surface area contributed by atoms with Gasteiger partial charge in [0.05, 0.1) is 5.69 Å². The van der Waals surface area contributed by atoms with Crippen LogP contribution in [0.15, 0.2) is 28.2 Å². The van der Waals surface area contributed by atoms with E-state index in [-0.39, 0.29) is 11.5 Å². The molecule has 0 fully saturated rings. The predicted octanol–water partition coefficient (Wildman–Crippen LogP) is 5.82. The first-order valence-electron chi connectivity index (χ1n) is 8.10. The average molecular weight is 385 g/mol. The lowest BCUT2D eigenvalue weighted by Gasteiger charge is -2.20. The molecule has 2 atom stereocenters. The van der Waals surface area contributed by atoms with E-state index in [9.17, 15) is 4.79 Å². The maximum absolute atomic E-state index is 12.4. The Morgan fingerprint density at radius 3 is 2.38 bits per heavy atom. The van der Waals surface area contributed by atoms with E-state index in [1.807, 2.05) is 25.1 Å². The van der Waals surface area contributed by atoms with Crippen molar-refractivity contribution >= 4 is 35.0 Å². The second kappa shape index (κ2) is 8.41. The van der Waals surface area contributed by atoms with E-state index in [0.717, 1.165) is 24.1 Å². The molecular formula is C18H22Cl2N2OS. The number of hydrogen-bond acceptors (Lipinski definition) is 3. The monoisotopic (exact) mass is 384 g/mol. The van der Waals surface area contributed by atoms with Gasteiger partial charge in [-0.1, -0.05) is 61.8 Å². The molecule has 1 N–H and O–H groups in total. The van der Waals surface area contributed by atoms with Crippen LogP contribution in [0.5, 0.6) is 0 Å². The van der Waals surface area contributed by atoms with Crippen LogP contribution >= 0.6 is 35.0 Å². The minimum absolute atomic E-state index is 0.104. The fraction of sp³-hybridized carbons (Fsp3) is 0.444. The summed E-state index contributed by atoms with van der Waals surface area (Å²) in [4.78, 5) is 20.0. The number of nitrogens with one attached hydrogen (secondary N) is 1. The third-order valence-corrected chi connectivity index (χ3v) is 5.95. The number of aromatic amines is 1. The van der Waals surface area contributed by atoms with Crippen molar-refractivity contribution in [3.05, 3.63) is 55.4 Å². The van der Waals surface area contributed by atoms with Crippen LogP contribution in [-0.2, 0) is 0 Å². The van der Waals surface area contributed by atoms with Gasteiger partial charge in [-0.15, -0.1) is 0 Å². The quantitative estimate of drug-likeness (QED) is 0.504. The van der Waals surface area contributed by atoms with Crippen molar-refractivity contribution in [1.29, 1.82) is 0 Å². The summed E-state index contributed by atoms with van der Waals surface area (Å²) in [7, 11) is 0. The lowest BCUT2D eigenvalue weighted by molar-refractivity contribution is 0.709. The Labute approximate surface area is 157 Å². The van der Waals surface area contributed by atoms with Gasteiger partial charge in [0.15, 0.2) is 5.16 Å². The highest BCUT2D eigenvalue weighted by molar-refractivity contribution is 7.99. The average Bonchev–Trinajstić information content (AvgIpc) is 2.54. The number of rotatable bonds is 6. The Hall–Kier alpha value is -0.970. The normalized spacial score (nSPS) is 13.8. The molecule has 0 aliphatic rings. The highest BCUT2D eigenvalue weighted by Crippen LogP contribution is 2.38. The van der Waals surface area contributed by atoms with E-state index < -0.39 is 0 Å². The second-order valence-corrected chi connectivity index (χ2v) is 8.06. The van der Waals surface area contributed by atoms with E-state index in [1.165, 1.54) is 0 Å². The number of hydrogen-bond donors (Lipinski definition) is 1. The smallest absolute Gasteiger partial charge is 0.254 e. The molecule has 0 saturated carbocycles. The zero-order valence-electron chi connectivity index (χ0n) is 14.3. The maximum atomic E-state index is 12.4. The van der Waals surface area contributed by atoms with E-state index >= 15 is 0 Å². The van der Waals surface area contributed by atoms with Crippen LogP contribution in [0.4, 0.5) is 0 Å². The Kier molecular flexibility index (Phi) is 6.79. The molecule has 1 aromatic heterocycles. The minimum Gasteiger partial charge on any atom is -0.301 e. The molecule has 130 valence electrons. The van der Waals surface area contributed by atoms with E-state index in [4.69, 9.17) is 28.2 Å². The van der Waals surface area contributed by atoms with Gasteiger partial charge in [0.2, 0.25) is 0 Å². The van der Waals surface area contributed by atoms with Crippen molar-refractivity contribution in [1.82, 2.24) is 9.97 Å². The van der Waals surface area contributed by atoms with E-state index in [0.29, 0.717) is 26.0 Å². The molecule has 2 aromatic rings. The topological polar surface area (TPSA) is 45.8 Å². The van der Waals surface area contributed by atoms with E-state index in [1.54, 1.807) is 18.7 Å². The summed E-state index contributed by atoms with van der Waals surface area (Å²) < 4.78 is 0. The molecule has 0 aliphatic heterocycles. The predicted molar refractivity (Wildman–Crippen MR) is 104 cm³/mol. The lowest BCUT2D eigenvalue weighted by Crippen LogP contribution is -2.19. The summed E-state index contributed by atoms with van der Waals surface area (Å²) in [6, 6.07) is 5.47. The van der Waals surface area contributed by atoms with Crippen LogP contribution in [0.3, 0.4) is 0 Å². The van der Waals surface area contributed by atoms with Crippen molar-refractivity contribution in [2.45, 2.75) is 56.9 Å². The Balaban J connectivity index is 2.58. The van der Waals surface area contributed by atoms with Crippen LogP contribution < -0.4 is 5.56 Å². The molecule has 1 aromatic carbocycles. The van der Waals surface area contributed by atoms with Crippen LogP contribution in [0.1, 0.15) is 56.4 Å². The number of nitrogens with zero attached hydrogens (tertiary/aromatic N) is 1. The van der Waals surface area contributed by atoms with Crippen LogP contribution in [0.2, 0.25) is 10.0 Å². The maximum Gasteiger partial charge on any atom is 0.254 e. The van der Waals surface area contributed by atoms with Gasteiger partial charge in [-0.2, -0.15) is 0 Å². The number of benzene rings is 1.